The second-order valence-electron chi connectivity index (χ2n) is 6.71. The van der Waals surface area contributed by atoms with Crippen LogP contribution >= 0.6 is 0 Å². The summed E-state index contributed by atoms with van der Waals surface area (Å²) in [7, 11) is 0. The fourth-order valence-corrected chi connectivity index (χ4v) is 3.67. The number of carboxylic acids is 1. The third-order valence-electron chi connectivity index (χ3n) is 4.91. The fraction of sp³-hybridized carbons (Fsp3) is 0.190. The molecule has 1 aromatic heterocycles. The van der Waals surface area contributed by atoms with Gasteiger partial charge in [-0.15, -0.1) is 0 Å². The summed E-state index contributed by atoms with van der Waals surface area (Å²) in [5.74, 6) is -1.21. The average Bonchev–Trinajstić information content (AvgIpc) is 2.69. The van der Waals surface area contributed by atoms with Crippen molar-refractivity contribution in [1.29, 1.82) is 0 Å². The molecule has 1 saturated heterocycles. The smallest absolute Gasteiger partial charge is 0.338 e. The van der Waals surface area contributed by atoms with E-state index in [2.05, 4.69) is 5.32 Å². The molecular weight excluding hydrogens is 358 g/mol. The Morgan fingerprint density at radius 1 is 1.00 bits per heavy atom. The van der Waals surface area contributed by atoms with Crippen LogP contribution in [0.4, 0.5) is 0 Å². The van der Waals surface area contributed by atoms with Gasteiger partial charge in [0.1, 0.15) is 0 Å². The van der Waals surface area contributed by atoms with Crippen LogP contribution in [-0.4, -0.2) is 46.1 Å². The number of hydrogen-bond donors (Lipinski definition) is 2. The third-order valence-corrected chi connectivity index (χ3v) is 4.91. The molecule has 0 bridgehead atoms. The van der Waals surface area contributed by atoms with Crippen LogP contribution in [0.15, 0.2) is 59.4 Å². The molecule has 2 heterocycles. The molecule has 0 aliphatic carbocycles. The summed E-state index contributed by atoms with van der Waals surface area (Å²) in [6, 6.07) is 15.7. The lowest BCUT2D eigenvalue weighted by Gasteiger charge is -2.28. The molecule has 1 aliphatic rings. The lowest BCUT2D eigenvalue weighted by atomic mass is 10.0. The Morgan fingerprint density at radius 3 is 2.36 bits per heavy atom. The Hall–Kier alpha value is -3.45. The molecule has 142 valence electrons. The minimum absolute atomic E-state index is 0.0880. The Kier molecular flexibility index (Phi) is 4.67. The number of carbonyl (C=O) groups excluding carboxylic acids is 1. The number of nitrogens with one attached hydrogen (secondary N) is 1. The van der Waals surface area contributed by atoms with Crippen LogP contribution in [-0.2, 0) is 11.3 Å². The maximum atomic E-state index is 13.3. The topological polar surface area (TPSA) is 91.6 Å². The fourth-order valence-electron chi connectivity index (χ4n) is 3.67. The SMILES string of the molecule is O=C1CN(Cc2c(C(=O)O)c3ccccc3c(=O)n2-c2ccccc2)CCN1. The molecule has 1 amide bonds. The summed E-state index contributed by atoms with van der Waals surface area (Å²) in [5.41, 5.74) is 0.780. The molecule has 0 spiro atoms. The summed E-state index contributed by atoms with van der Waals surface area (Å²) in [6.45, 7) is 1.42. The average molecular weight is 377 g/mol. The second-order valence-corrected chi connectivity index (χ2v) is 6.71. The van der Waals surface area contributed by atoms with Gasteiger partial charge in [0.05, 0.1) is 17.8 Å². The van der Waals surface area contributed by atoms with Crippen LogP contribution < -0.4 is 10.9 Å². The van der Waals surface area contributed by atoms with Gasteiger partial charge in [-0.3, -0.25) is 19.1 Å². The van der Waals surface area contributed by atoms with Crippen molar-refractivity contribution in [3.63, 3.8) is 0 Å². The highest BCUT2D eigenvalue weighted by molar-refractivity contribution is 6.04. The van der Waals surface area contributed by atoms with Crippen LogP contribution in [0.2, 0.25) is 0 Å². The molecule has 28 heavy (non-hydrogen) atoms. The lowest BCUT2D eigenvalue weighted by Crippen LogP contribution is -2.47. The van der Waals surface area contributed by atoms with Gasteiger partial charge < -0.3 is 10.4 Å². The lowest BCUT2D eigenvalue weighted by molar-refractivity contribution is -0.124. The van der Waals surface area contributed by atoms with E-state index in [1.165, 1.54) is 4.57 Å². The number of pyridine rings is 1. The van der Waals surface area contributed by atoms with Crippen molar-refractivity contribution in [2.24, 2.45) is 0 Å². The normalized spacial score (nSPS) is 14.8. The van der Waals surface area contributed by atoms with E-state index < -0.39 is 5.97 Å². The maximum Gasteiger partial charge on any atom is 0.338 e. The van der Waals surface area contributed by atoms with E-state index in [1.807, 2.05) is 11.0 Å². The molecular formula is C21H19N3O4. The minimum Gasteiger partial charge on any atom is -0.478 e. The number of carbonyl (C=O) groups is 2. The van der Waals surface area contributed by atoms with Crippen LogP contribution in [0.25, 0.3) is 16.5 Å². The van der Waals surface area contributed by atoms with E-state index in [4.69, 9.17) is 0 Å². The van der Waals surface area contributed by atoms with Crippen molar-refractivity contribution in [3.8, 4) is 5.69 Å². The maximum absolute atomic E-state index is 13.3. The Bertz CT molecular complexity index is 1120. The van der Waals surface area contributed by atoms with E-state index in [1.54, 1.807) is 48.5 Å². The number of rotatable bonds is 4. The van der Waals surface area contributed by atoms with Crippen LogP contribution in [0.3, 0.4) is 0 Å². The number of fused-ring (bicyclic) bond motifs is 1. The van der Waals surface area contributed by atoms with Crippen molar-refractivity contribution in [2.45, 2.75) is 6.54 Å². The Labute approximate surface area is 160 Å². The zero-order chi connectivity index (χ0) is 19.7. The first kappa shape index (κ1) is 17.9. The van der Waals surface area contributed by atoms with Crippen molar-refractivity contribution in [1.82, 2.24) is 14.8 Å². The highest BCUT2D eigenvalue weighted by Gasteiger charge is 2.25. The highest BCUT2D eigenvalue weighted by Crippen LogP contribution is 2.24. The summed E-state index contributed by atoms with van der Waals surface area (Å²) < 4.78 is 1.46. The molecule has 0 radical (unpaired) electrons. The summed E-state index contributed by atoms with van der Waals surface area (Å²) >= 11 is 0. The molecule has 0 unspecified atom stereocenters. The first-order chi connectivity index (χ1) is 13.6. The molecule has 0 saturated carbocycles. The predicted octanol–water partition coefficient (Wildman–Crippen LogP) is 1.62. The molecule has 1 aliphatic heterocycles. The predicted molar refractivity (Wildman–Crippen MR) is 105 cm³/mol. The standard InChI is InChI=1S/C21H19N3O4/c25-18-13-23(11-10-22-18)12-17-19(21(27)28)15-8-4-5-9-16(15)20(26)24(17)14-6-2-1-3-7-14/h1-9H,10-13H2,(H,22,25)(H,27,28). The van der Waals surface area contributed by atoms with Crippen molar-refractivity contribution >= 4 is 22.6 Å². The van der Waals surface area contributed by atoms with Gasteiger partial charge in [0.15, 0.2) is 0 Å². The third kappa shape index (κ3) is 3.16. The second kappa shape index (κ2) is 7.28. The molecule has 3 aromatic rings. The molecule has 7 heteroatoms. The zero-order valence-electron chi connectivity index (χ0n) is 15.1. The van der Waals surface area contributed by atoms with E-state index in [0.29, 0.717) is 35.2 Å². The van der Waals surface area contributed by atoms with Crippen LogP contribution in [0, 0.1) is 0 Å². The van der Waals surface area contributed by atoms with Crippen molar-refractivity contribution in [3.05, 3.63) is 76.2 Å². The zero-order valence-corrected chi connectivity index (χ0v) is 15.1. The Balaban J connectivity index is 2.01. The van der Waals surface area contributed by atoms with Gasteiger partial charge in [-0.05, 0) is 18.2 Å². The van der Waals surface area contributed by atoms with Gasteiger partial charge in [0.2, 0.25) is 5.91 Å². The first-order valence-electron chi connectivity index (χ1n) is 9.00. The summed E-state index contributed by atoms with van der Waals surface area (Å²) in [5, 5.41) is 13.5. The van der Waals surface area contributed by atoms with E-state index >= 15 is 0 Å². The number of carboxylic acid groups (broad SMARTS) is 1. The quantitative estimate of drug-likeness (QED) is 0.721. The Morgan fingerprint density at radius 2 is 1.68 bits per heavy atom. The van der Waals surface area contributed by atoms with Gasteiger partial charge in [0, 0.05) is 36.1 Å². The minimum atomic E-state index is -1.10. The van der Waals surface area contributed by atoms with Gasteiger partial charge in [-0.1, -0.05) is 36.4 Å². The number of piperazine rings is 1. The number of amides is 1. The molecule has 1 fully saturated rings. The monoisotopic (exact) mass is 377 g/mol. The van der Waals surface area contributed by atoms with Gasteiger partial charge in [0.25, 0.3) is 5.56 Å². The van der Waals surface area contributed by atoms with Crippen molar-refractivity contribution in [2.75, 3.05) is 19.6 Å². The molecule has 7 nitrogen and oxygen atoms in total. The van der Waals surface area contributed by atoms with Crippen LogP contribution in [0.5, 0.6) is 0 Å². The number of nitrogens with zero attached hydrogens (tertiary/aromatic N) is 2. The molecule has 4 rings (SSSR count). The van der Waals surface area contributed by atoms with Gasteiger partial charge >= 0.3 is 5.97 Å². The van der Waals surface area contributed by atoms with E-state index in [-0.39, 0.29) is 30.1 Å². The molecule has 0 atom stereocenters. The summed E-state index contributed by atoms with van der Waals surface area (Å²) in [4.78, 5) is 39.2. The van der Waals surface area contributed by atoms with Crippen molar-refractivity contribution < 1.29 is 14.7 Å². The summed E-state index contributed by atoms with van der Waals surface area (Å²) in [6.07, 6.45) is 0. The number of para-hydroxylation sites is 1. The molecule has 2 aromatic carbocycles. The van der Waals surface area contributed by atoms with Gasteiger partial charge in [-0.2, -0.15) is 0 Å². The van der Waals surface area contributed by atoms with Crippen LogP contribution in [0.1, 0.15) is 16.1 Å². The highest BCUT2D eigenvalue weighted by atomic mass is 16.4. The van der Waals surface area contributed by atoms with E-state index in [9.17, 15) is 19.5 Å². The number of aromatic carboxylic acids is 1. The number of benzene rings is 2. The van der Waals surface area contributed by atoms with E-state index in [0.717, 1.165) is 0 Å². The number of hydrogen-bond acceptors (Lipinski definition) is 4. The van der Waals surface area contributed by atoms with Gasteiger partial charge in [-0.25, -0.2) is 4.79 Å². The largest absolute Gasteiger partial charge is 0.478 e. The number of aromatic nitrogens is 1. The molecule has 2 N–H and O–H groups in total. The first-order valence-corrected chi connectivity index (χ1v) is 9.00.